The van der Waals surface area contributed by atoms with Crippen molar-refractivity contribution in [2.75, 3.05) is 13.2 Å². The van der Waals surface area contributed by atoms with Crippen LogP contribution in [0.3, 0.4) is 0 Å². The highest BCUT2D eigenvalue weighted by molar-refractivity contribution is 6.35. The molecule has 256 valence electrons. The minimum atomic E-state index is -0.866. The molecule has 8 nitrogen and oxygen atoms in total. The van der Waals surface area contributed by atoms with Crippen molar-refractivity contribution in [3.05, 3.63) is 135 Å². The monoisotopic (exact) mass is 721 g/mol. The van der Waals surface area contributed by atoms with Crippen LogP contribution in [0.5, 0.6) is 17.2 Å². The maximum absolute atomic E-state index is 13.3. The van der Waals surface area contributed by atoms with Crippen LogP contribution in [0.2, 0.25) is 15.1 Å². The molecule has 0 spiro atoms. The van der Waals surface area contributed by atoms with E-state index in [2.05, 4.69) is 22.4 Å². The summed E-state index contributed by atoms with van der Waals surface area (Å²) < 4.78 is 17.8. The van der Waals surface area contributed by atoms with Gasteiger partial charge in [0.05, 0.1) is 24.5 Å². The van der Waals surface area contributed by atoms with Crippen LogP contribution in [0.1, 0.15) is 42.0 Å². The van der Waals surface area contributed by atoms with Crippen molar-refractivity contribution in [3.8, 4) is 17.2 Å². The van der Waals surface area contributed by atoms with Gasteiger partial charge in [-0.1, -0.05) is 89.4 Å². The van der Waals surface area contributed by atoms with Crippen molar-refractivity contribution in [1.29, 1.82) is 0 Å². The second kappa shape index (κ2) is 19.5. The summed E-state index contributed by atoms with van der Waals surface area (Å²) in [5.41, 5.74) is 5.82. The molecule has 0 aliphatic carbocycles. The number of hydrogen-bond acceptors (Lipinski definition) is 6. The van der Waals surface area contributed by atoms with Gasteiger partial charge in [-0.2, -0.15) is 5.10 Å². The Morgan fingerprint density at radius 3 is 2.39 bits per heavy atom. The highest BCUT2D eigenvalue weighted by Crippen LogP contribution is 2.35. The van der Waals surface area contributed by atoms with Crippen LogP contribution in [-0.4, -0.2) is 37.3 Å². The standard InChI is InChI=1S/C38H38Cl3N3O5/c1-3-11-28-20-27(22-35(47-4-2)37(28)49-25-29-14-8-9-15-31(29)40)24-42-44-38(46)33(21-26-12-6-5-7-13-26)43-36(45)16-10-19-48-34-18-17-30(39)23-32(34)41/h3,5-9,12-15,17-18,20,22-24,33H,1,4,10-11,16,19,21,25H2,2H3,(H,43,45)(H,44,46)/b42-24-/t33-/m1/s1. The molecule has 2 N–H and O–H groups in total. The first-order valence-corrected chi connectivity index (χ1v) is 16.9. The van der Waals surface area contributed by atoms with E-state index in [-0.39, 0.29) is 32.0 Å². The number of ether oxygens (including phenoxy) is 3. The molecule has 49 heavy (non-hydrogen) atoms. The molecule has 0 aliphatic heterocycles. The molecule has 0 fully saturated rings. The van der Waals surface area contributed by atoms with Gasteiger partial charge in [-0.05, 0) is 67.3 Å². The lowest BCUT2D eigenvalue weighted by molar-refractivity contribution is -0.129. The highest BCUT2D eigenvalue weighted by atomic mass is 35.5. The average molecular weight is 723 g/mol. The van der Waals surface area contributed by atoms with Crippen molar-refractivity contribution in [2.24, 2.45) is 5.10 Å². The van der Waals surface area contributed by atoms with Crippen LogP contribution in [0, 0.1) is 0 Å². The van der Waals surface area contributed by atoms with Gasteiger partial charge < -0.3 is 19.5 Å². The molecular weight excluding hydrogens is 685 g/mol. The Bertz CT molecular complexity index is 1750. The van der Waals surface area contributed by atoms with Gasteiger partial charge in [0.1, 0.15) is 18.4 Å². The third-order valence-electron chi connectivity index (χ3n) is 7.17. The van der Waals surface area contributed by atoms with E-state index in [9.17, 15) is 9.59 Å². The second-order valence-electron chi connectivity index (χ2n) is 10.9. The van der Waals surface area contributed by atoms with Gasteiger partial charge >= 0.3 is 0 Å². The molecule has 2 amide bonds. The van der Waals surface area contributed by atoms with E-state index in [0.717, 1.165) is 16.7 Å². The van der Waals surface area contributed by atoms with E-state index in [0.29, 0.717) is 57.3 Å². The highest BCUT2D eigenvalue weighted by Gasteiger charge is 2.21. The van der Waals surface area contributed by atoms with E-state index in [1.807, 2.05) is 67.6 Å². The Kier molecular flexibility index (Phi) is 14.8. The van der Waals surface area contributed by atoms with E-state index < -0.39 is 11.9 Å². The summed E-state index contributed by atoms with van der Waals surface area (Å²) in [5.74, 6) is 0.825. The van der Waals surface area contributed by atoms with E-state index >= 15 is 0 Å². The Morgan fingerprint density at radius 1 is 0.878 bits per heavy atom. The Hall–Kier alpha value is -4.50. The van der Waals surface area contributed by atoms with Gasteiger partial charge in [0, 0.05) is 34.0 Å². The minimum absolute atomic E-state index is 0.143. The molecule has 4 aromatic rings. The van der Waals surface area contributed by atoms with Gasteiger partial charge in [-0.15, -0.1) is 6.58 Å². The number of carbonyl (C=O) groups is 2. The number of nitrogens with zero attached hydrogens (tertiary/aromatic N) is 1. The van der Waals surface area contributed by atoms with Crippen LogP contribution >= 0.6 is 34.8 Å². The fourth-order valence-corrected chi connectivity index (χ4v) is 5.49. The van der Waals surface area contributed by atoms with Gasteiger partial charge in [-0.3, -0.25) is 9.59 Å². The number of hydrazone groups is 1. The van der Waals surface area contributed by atoms with Crippen LogP contribution in [0.25, 0.3) is 0 Å². The lowest BCUT2D eigenvalue weighted by Gasteiger charge is -2.18. The first-order valence-electron chi connectivity index (χ1n) is 15.8. The van der Waals surface area contributed by atoms with E-state index in [1.54, 1.807) is 30.3 Å². The Labute approximate surface area is 302 Å². The molecule has 0 radical (unpaired) electrons. The summed E-state index contributed by atoms with van der Waals surface area (Å²) in [6.45, 7) is 6.69. The largest absolute Gasteiger partial charge is 0.492 e. The summed E-state index contributed by atoms with van der Waals surface area (Å²) in [6, 6.07) is 24.7. The predicted octanol–water partition coefficient (Wildman–Crippen LogP) is 8.39. The third kappa shape index (κ3) is 11.9. The molecular formula is C38H38Cl3N3O5. The molecule has 0 unspecified atom stereocenters. The fraction of sp³-hybridized carbons (Fsp3) is 0.237. The first kappa shape index (κ1) is 37.3. The smallest absolute Gasteiger partial charge is 0.262 e. The number of rotatable bonds is 18. The number of halogens is 3. The van der Waals surface area contributed by atoms with Gasteiger partial charge in [0.25, 0.3) is 5.91 Å². The van der Waals surface area contributed by atoms with Crippen LogP contribution in [-0.2, 0) is 29.0 Å². The lowest BCUT2D eigenvalue weighted by Crippen LogP contribution is -2.46. The third-order valence-corrected chi connectivity index (χ3v) is 8.07. The van der Waals surface area contributed by atoms with Crippen molar-refractivity contribution in [3.63, 3.8) is 0 Å². The number of amides is 2. The van der Waals surface area contributed by atoms with E-state index in [1.165, 1.54) is 6.21 Å². The Balaban J connectivity index is 1.42. The second-order valence-corrected chi connectivity index (χ2v) is 12.1. The molecule has 4 rings (SSSR count). The lowest BCUT2D eigenvalue weighted by atomic mass is 10.1. The maximum atomic E-state index is 13.3. The number of hydrogen-bond donors (Lipinski definition) is 2. The Morgan fingerprint density at radius 2 is 1.65 bits per heavy atom. The van der Waals surface area contributed by atoms with Crippen molar-refractivity contribution in [1.82, 2.24) is 10.7 Å². The van der Waals surface area contributed by atoms with Crippen LogP contribution in [0.15, 0.2) is 103 Å². The SMILES string of the molecule is C=CCc1cc(/C=N\NC(=O)[C@@H](Cc2ccccc2)NC(=O)CCCOc2ccc(Cl)cc2Cl)cc(OCC)c1OCc1ccccc1Cl. The minimum Gasteiger partial charge on any atom is -0.492 e. The zero-order valence-electron chi connectivity index (χ0n) is 27.1. The molecule has 1 atom stereocenters. The number of carbonyl (C=O) groups excluding carboxylic acids is 2. The molecule has 11 heteroatoms. The van der Waals surface area contributed by atoms with Crippen molar-refractivity contribution in [2.45, 2.75) is 45.3 Å². The fourth-order valence-electron chi connectivity index (χ4n) is 4.84. The molecule has 0 heterocycles. The van der Waals surface area contributed by atoms with Gasteiger partial charge in [-0.25, -0.2) is 5.43 Å². The van der Waals surface area contributed by atoms with Gasteiger partial charge in [0.15, 0.2) is 11.5 Å². The first-order chi connectivity index (χ1) is 23.8. The van der Waals surface area contributed by atoms with Crippen molar-refractivity contribution >= 4 is 52.8 Å². The normalized spacial score (nSPS) is 11.5. The predicted molar refractivity (Wildman–Crippen MR) is 196 cm³/mol. The van der Waals surface area contributed by atoms with Gasteiger partial charge in [0.2, 0.25) is 5.91 Å². The van der Waals surface area contributed by atoms with Crippen LogP contribution < -0.4 is 25.0 Å². The summed E-state index contributed by atoms with van der Waals surface area (Å²) in [6.07, 6.45) is 4.63. The van der Waals surface area contributed by atoms with E-state index in [4.69, 9.17) is 49.0 Å². The summed E-state index contributed by atoms with van der Waals surface area (Å²) in [5, 5.41) is 8.56. The topological polar surface area (TPSA) is 98.3 Å². The molecule has 0 saturated heterocycles. The van der Waals surface area contributed by atoms with Crippen LogP contribution in [0.4, 0.5) is 0 Å². The number of nitrogens with one attached hydrogen (secondary N) is 2. The molecule has 0 bridgehead atoms. The van der Waals surface area contributed by atoms with Crippen molar-refractivity contribution < 1.29 is 23.8 Å². The summed E-state index contributed by atoms with van der Waals surface area (Å²) in [7, 11) is 0. The molecule has 0 aliphatic rings. The quantitative estimate of drug-likeness (QED) is 0.0466. The zero-order valence-corrected chi connectivity index (χ0v) is 29.4. The molecule has 0 aromatic heterocycles. The molecule has 0 saturated carbocycles. The average Bonchev–Trinajstić information content (AvgIpc) is 3.08. The molecule has 4 aromatic carbocycles. The maximum Gasteiger partial charge on any atom is 0.262 e. The zero-order chi connectivity index (χ0) is 35.0. The number of allylic oxidation sites excluding steroid dienone is 1. The summed E-state index contributed by atoms with van der Waals surface area (Å²) >= 11 is 18.4. The summed E-state index contributed by atoms with van der Waals surface area (Å²) in [4.78, 5) is 26.2. The number of benzene rings is 4.